The molecule has 1 aliphatic heterocycles. The Bertz CT molecular complexity index is 871. The van der Waals surface area contributed by atoms with Gasteiger partial charge in [-0.15, -0.1) is 0 Å². The van der Waals surface area contributed by atoms with Gasteiger partial charge in [0.15, 0.2) is 5.13 Å². The van der Waals surface area contributed by atoms with Crippen LogP contribution in [-0.2, 0) is 11.2 Å². The highest BCUT2D eigenvalue weighted by Gasteiger charge is 2.23. The second-order valence-electron chi connectivity index (χ2n) is 6.74. The van der Waals surface area contributed by atoms with Crippen molar-refractivity contribution in [2.24, 2.45) is 0 Å². The number of nitrogens with zero attached hydrogens (tertiary/aromatic N) is 4. The molecule has 0 atom stereocenters. The molecule has 1 saturated heterocycles. The monoisotopic (exact) mass is 369 g/mol. The maximum atomic E-state index is 12.6. The van der Waals surface area contributed by atoms with Crippen molar-refractivity contribution >= 4 is 32.6 Å². The number of benzene rings is 1. The number of anilines is 1. The molecule has 0 saturated carbocycles. The number of piperazine rings is 1. The van der Waals surface area contributed by atoms with Crippen LogP contribution in [0.3, 0.4) is 0 Å². The summed E-state index contributed by atoms with van der Waals surface area (Å²) >= 11 is 1.73. The van der Waals surface area contributed by atoms with Gasteiger partial charge in [0.25, 0.3) is 0 Å². The van der Waals surface area contributed by atoms with Gasteiger partial charge < -0.3 is 9.80 Å². The summed E-state index contributed by atoms with van der Waals surface area (Å²) in [5.74, 6) is 0.231. The van der Waals surface area contributed by atoms with E-state index >= 15 is 0 Å². The average molecular weight is 369 g/mol. The first-order valence-corrected chi connectivity index (χ1v) is 9.82. The van der Waals surface area contributed by atoms with Crippen LogP contribution < -0.4 is 4.90 Å². The lowest BCUT2D eigenvalue weighted by molar-refractivity contribution is -0.131. The number of H-pyrrole nitrogens is 1. The van der Waals surface area contributed by atoms with Crippen LogP contribution in [-0.4, -0.2) is 52.2 Å². The molecular weight excluding hydrogens is 346 g/mol. The van der Waals surface area contributed by atoms with E-state index in [0.29, 0.717) is 6.42 Å². The van der Waals surface area contributed by atoms with Crippen LogP contribution in [0.2, 0.25) is 0 Å². The van der Waals surface area contributed by atoms with E-state index in [9.17, 15) is 4.79 Å². The van der Waals surface area contributed by atoms with E-state index in [4.69, 9.17) is 4.98 Å². The Labute approximate surface area is 156 Å². The smallest absolute Gasteiger partial charge is 0.223 e. The summed E-state index contributed by atoms with van der Waals surface area (Å²) in [6.45, 7) is 7.21. The Balaban J connectivity index is 1.33. The normalized spacial score (nSPS) is 15.0. The summed E-state index contributed by atoms with van der Waals surface area (Å²) in [5, 5.41) is 8.25. The number of aryl methyl sites for hydroxylation is 2. The fourth-order valence-corrected chi connectivity index (χ4v) is 4.49. The van der Waals surface area contributed by atoms with Gasteiger partial charge in [-0.25, -0.2) is 4.98 Å². The van der Waals surface area contributed by atoms with Crippen molar-refractivity contribution < 1.29 is 4.79 Å². The summed E-state index contributed by atoms with van der Waals surface area (Å²) in [6.07, 6.45) is 1.30. The molecule has 6 nitrogen and oxygen atoms in total. The molecule has 0 unspecified atom stereocenters. The number of para-hydroxylation sites is 1. The molecule has 0 radical (unpaired) electrons. The van der Waals surface area contributed by atoms with Gasteiger partial charge in [0.1, 0.15) is 0 Å². The zero-order valence-electron chi connectivity index (χ0n) is 15.2. The number of thiazole rings is 1. The molecule has 2 aromatic heterocycles. The van der Waals surface area contributed by atoms with E-state index in [0.717, 1.165) is 54.6 Å². The summed E-state index contributed by atoms with van der Waals surface area (Å²) in [5.41, 5.74) is 4.29. The number of carbonyl (C=O) groups excluding carboxylic acids is 1. The first-order chi connectivity index (χ1) is 12.6. The van der Waals surface area contributed by atoms with Crippen molar-refractivity contribution in [1.82, 2.24) is 20.1 Å². The number of aromatic nitrogens is 3. The van der Waals surface area contributed by atoms with Gasteiger partial charge >= 0.3 is 0 Å². The number of aromatic amines is 1. The lowest BCUT2D eigenvalue weighted by Gasteiger charge is -2.34. The molecule has 0 aliphatic carbocycles. The number of amides is 1. The van der Waals surface area contributed by atoms with Crippen LogP contribution in [0.1, 0.15) is 23.4 Å². The van der Waals surface area contributed by atoms with Crippen LogP contribution in [0.15, 0.2) is 24.3 Å². The number of fused-ring (bicyclic) bond motifs is 1. The minimum Gasteiger partial charge on any atom is -0.345 e. The molecule has 1 aromatic carbocycles. The minimum absolute atomic E-state index is 0.231. The number of rotatable bonds is 4. The number of hydrogen-bond donors (Lipinski definition) is 1. The van der Waals surface area contributed by atoms with Gasteiger partial charge in [0.05, 0.1) is 15.9 Å². The third kappa shape index (κ3) is 3.31. The predicted molar refractivity (Wildman–Crippen MR) is 105 cm³/mol. The summed E-state index contributed by atoms with van der Waals surface area (Å²) < 4.78 is 1.21. The standard InChI is InChI=1S/C19H23N5OS/c1-13-15(14(2)22-21-13)7-8-18(25)23-9-11-24(12-10-23)19-20-16-5-3-4-6-17(16)26-19/h3-6H,7-12H2,1-2H3,(H,21,22). The second-order valence-corrected chi connectivity index (χ2v) is 7.75. The molecule has 1 N–H and O–H groups in total. The molecule has 1 aliphatic rings. The molecule has 26 heavy (non-hydrogen) atoms. The molecular formula is C19H23N5OS. The quantitative estimate of drug-likeness (QED) is 0.768. The molecule has 0 spiro atoms. The molecule has 7 heteroatoms. The van der Waals surface area contributed by atoms with Crippen molar-refractivity contribution in [3.63, 3.8) is 0 Å². The third-order valence-electron chi connectivity index (χ3n) is 5.06. The second kappa shape index (κ2) is 7.07. The Morgan fingerprint density at radius 1 is 1.19 bits per heavy atom. The largest absolute Gasteiger partial charge is 0.345 e. The van der Waals surface area contributed by atoms with E-state index in [1.807, 2.05) is 30.9 Å². The van der Waals surface area contributed by atoms with Gasteiger partial charge in [-0.2, -0.15) is 5.10 Å². The SMILES string of the molecule is Cc1n[nH]c(C)c1CCC(=O)N1CCN(c2nc3ccccc3s2)CC1. The molecule has 1 amide bonds. The zero-order chi connectivity index (χ0) is 18.1. The molecule has 4 rings (SSSR count). The van der Waals surface area contributed by atoms with E-state index < -0.39 is 0 Å². The summed E-state index contributed by atoms with van der Waals surface area (Å²) in [6, 6.07) is 8.22. The topological polar surface area (TPSA) is 65.1 Å². The zero-order valence-corrected chi connectivity index (χ0v) is 16.0. The Morgan fingerprint density at radius 3 is 2.65 bits per heavy atom. The Kier molecular flexibility index (Phi) is 4.63. The fourth-order valence-electron chi connectivity index (χ4n) is 3.47. The highest BCUT2D eigenvalue weighted by Crippen LogP contribution is 2.29. The van der Waals surface area contributed by atoms with E-state index in [-0.39, 0.29) is 5.91 Å². The van der Waals surface area contributed by atoms with E-state index in [2.05, 4.69) is 27.2 Å². The minimum atomic E-state index is 0.231. The summed E-state index contributed by atoms with van der Waals surface area (Å²) in [7, 11) is 0. The number of hydrogen-bond acceptors (Lipinski definition) is 5. The van der Waals surface area contributed by atoms with Crippen molar-refractivity contribution in [3.8, 4) is 0 Å². The predicted octanol–water partition coefficient (Wildman–Crippen LogP) is 2.92. The van der Waals surface area contributed by atoms with Crippen LogP contribution in [0.25, 0.3) is 10.2 Å². The average Bonchev–Trinajstić information content (AvgIpc) is 3.23. The molecule has 0 bridgehead atoms. The molecule has 3 heterocycles. The van der Waals surface area contributed by atoms with Gasteiger partial charge in [0, 0.05) is 38.3 Å². The number of nitrogens with one attached hydrogen (secondary N) is 1. The van der Waals surface area contributed by atoms with Crippen LogP contribution in [0, 0.1) is 13.8 Å². The lowest BCUT2D eigenvalue weighted by atomic mass is 10.1. The lowest BCUT2D eigenvalue weighted by Crippen LogP contribution is -2.48. The molecule has 3 aromatic rings. The summed E-state index contributed by atoms with van der Waals surface area (Å²) in [4.78, 5) is 21.6. The Hall–Kier alpha value is -2.41. The fraction of sp³-hybridized carbons (Fsp3) is 0.421. The van der Waals surface area contributed by atoms with Gasteiger partial charge in [-0.3, -0.25) is 9.89 Å². The van der Waals surface area contributed by atoms with Crippen molar-refractivity contribution in [2.45, 2.75) is 26.7 Å². The van der Waals surface area contributed by atoms with Crippen LogP contribution in [0.5, 0.6) is 0 Å². The van der Waals surface area contributed by atoms with E-state index in [1.165, 1.54) is 10.3 Å². The number of carbonyl (C=O) groups is 1. The van der Waals surface area contributed by atoms with Crippen molar-refractivity contribution in [2.75, 3.05) is 31.1 Å². The van der Waals surface area contributed by atoms with Gasteiger partial charge in [-0.1, -0.05) is 23.5 Å². The first-order valence-electron chi connectivity index (χ1n) is 9.00. The highest BCUT2D eigenvalue weighted by molar-refractivity contribution is 7.22. The van der Waals surface area contributed by atoms with Crippen molar-refractivity contribution in [1.29, 1.82) is 0 Å². The van der Waals surface area contributed by atoms with Crippen LogP contribution >= 0.6 is 11.3 Å². The Morgan fingerprint density at radius 2 is 1.96 bits per heavy atom. The van der Waals surface area contributed by atoms with Crippen LogP contribution in [0.4, 0.5) is 5.13 Å². The molecule has 136 valence electrons. The van der Waals surface area contributed by atoms with Gasteiger partial charge in [0.2, 0.25) is 5.91 Å². The first kappa shape index (κ1) is 17.0. The maximum Gasteiger partial charge on any atom is 0.223 e. The highest BCUT2D eigenvalue weighted by atomic mass is 32.1. The van der Waals surface area contributed by atoms with Crippen molar-refractivity contribution in [3.05, 3.63) is 41.2 Å². The maximum absolute atomic E-state index is 12.6. The third-order valence-corrected chi connectivity index (χ3v) is 6.15. The van der Waals surface area contributed by atoms with Gasteiger partial charge in [-0.05, 0) is 38.0 Å². The van der Waals surface area contributed by atoms with E-state index in [1.54, 1.807) is 11.3 Å². The molecule has 1 fully saturated rings.